The fraction of sp³-hybridized carbons (Fsp3) is 0.542. The summed E-state index contributed by atoms with van der Waals surface area (Å²) in [6.07, 6.45) is 0.893. The Morgan fingerprint density at radius 3 is 2.74 bits per heavy atom. The number of aromatic nitrogens is 4. The van der Waals surface area contributed by atoms with Gasteiger partial charge in [-0.15, -0.1) is 0 Å². The average molecular weight is 504 g/mol. The van der Waals surface area contributed by atoms with Crippen LogP contribution in [-0.4, -0.2) is 79.1 Å². The van der Waals surface area contributed by atoms with E-state index < -0.39 is 5.82 Å². The number of fused-ring (bicyclic) bond motifs is 2. The number of benzene rings is 1. The maximum atomic E-state index is 15.4. The first-order chi connectivity index (χ1) is 16.6. The van der Waals surface area contributed by atoms with Crippen LogP contribution in [0.2, 0.25) is 5.02 Å². The molecule has 0 saturated carbocycles. The van der Waals surface area contributed by atoms with Crippen molar-refractivity contribution in [3.63, 3.8) is 0 Å². The van der Waals surface area contributed by atoms with Crippen LogP contribution in [0.5, 0.6) is 5.75 Å². The molecule has 0 spiro atoms. The highest BCUT2D eigenvalue weighted by Gasteiger charge is 2.37. The third-order valence-corrected chi connectivity index (χ3v) is 7.23. The number of hydrogen-bond acceptors (Lipinski definition) is 8. The van der Waals surface area contributed by atoms with Gasteiger partial charge in [0.15, 0.2) is 5.65 Å². The number of anilines is 1. The summed E-state index contributed by atoms with van der Waals surface area (Å²) in [6, 6.07) is 1.56. The zero-order valence-corrected chi connectivity index (χ0v) is 21.1. The zero-order valence-electron chi connectivity index (χ0n) is 20.4. The first kappa shape index (κ1) is 24.2. The number of rotatable bonds is 5. The summed E-state index contributed by atoms with van der Waals surface area (Å²) in [6.45, 7) is 11.0. The molecular formula is C24H31ClFN7O2. The quantitative estimate of drug-likeness (QED) is 0.547. The van der Waals surface area contributed by atoms with Gasteiger partial charge in [0, 0.05) is 49.9 Å². The number of likely N-dealkylation sites (tertiary alicyclic amines) is 1. The summed E-state index contributed by atoms with van der Waals surface area (Å²) in [4.78, 5) is 12.9. The molecule has 11 heteroatoms. The number of nitrogens with zero attached hydrogens (tertiary/aromatic N) is 6. The van der Waals surface area contributed by atoms with E-state index in [0.29, 0.717) is 47.8 Å². The topological polar surface area (TPSA) is 106 Å². The van der Waals surface area contributed by atoms with Crippen molar-refractivity contribution < 1.29 is 14.2 Å². The van der Waals surface area contributed by atoms with E-state index in [4.69, 9.17) is 22.1 Å². The molecule has 0 amide bonds. The summed E-state index contributed by atoms with van der Waals surface area (Å²) >= 11 is 6.42. The monoisotopic (exact) mass is 503 g/mol. The van der Waals surface area contributed by atoms with Crippen molar-refractivity contribution in [2.75, 3.05) is 31.9 Å². The number of aliphatic hydroxyl groups excluding tert-OH is 1. The van der Waals surface area contributed by atoms with E-state index in [2.05, 4.69) is 24.9 Å². The SMILES string of the molecule is Cc1nn([C@@H](C)c2cc(Cl)c(F)c3c2O[C@@H](C)CN(C2CN(C[C@H](C)O)C2)C3)c2ncnc(N)c12. The van der Waals surface area contributed by atoms with E-state index in [0.717, 1.165) is 24.3 Å². The van der Waals surface area contributed by atoms with E-state index in [1.165, 1.54) is 6.33 Å². The molecule has 3 atom stereocenters. The van der Waals surface area contributed by atoms with E-state index in [1.807, 2.05) is 20.8 Å². The van der Waals surface area contributed by atoms with Gasteiger partial charge in [-0.3, -0.25) is 9.80 Å². The minimum absolute atomic E-state index is 0.0513. The van der Waals surface area contributed by atoms with Crippen LogP contribution in [0.1, 0.15) is 43.6 Å². The minimum Gasteiger partial charge on any atom is -0.489 e. The van der Waals surface area contributed by atoms with Crippen molar-refractivity contribution in [1.29, 1.82) is 0 Å². The van der Waals surface area contributed by atoms with Crippen LogP contribution in [0, 0.1) is 12.7 Å². The predicted molar refractivity (Wildman–Crippen MR) is 132 cm³/mol. The van der Waals surface area contributed by atoms with Crippen molar-refractivity contribution >= 4 is 28.5 Å². The number of halogens is 2. The molecule has 1 saturated heterocycles. The Labute approximate surface area is 208 Å². The minimum atomic E-state index is -0.454. The van der Waals surface area contributed by atoms with Gasteiger partial charge in [0.25, 0.3) is 0 Å². The molecule has 3 aromatic rings. The molecule has 2 aromatic heterocycles. The zero-order chi connectivity index (χ0) is 25.0. The molecule has 1 fully saturated rings. The fourth-order valence-corrected chi connectivity index (χ4v) is 5.49. The summed E-state index contributed by atoms with van der Waals surface area (Å²) in [7, 11) is 0. The normalized spacial score (nSPS) is 21.3. The fourth-order valence-electron chi connectivity index (χ4n) is 5.26. The number of β-amino-alcohol motifs (C(OH)–C–C–N with tert-alkyl or cyclic N) is 1. The first-order valence-corrected chi connectivity index (χ1v) is 12.3. The maximum absolute atomic E-state index is 15.4. The van der Waals surface area contributed by atoms with Crippen molar-refractivity contribution in [2.24, 2.45) is 0 Å². The van der Waals surface area contributed by atoms with Crippen molar-refractivity contribution in [2.45, 2.75) is 58.5 Å². The molecule has 35 heavy (non-hydrogen) atoms. The van der Waals surface area contributed by atoms with Gasteiger partial charge >= 0.3 is 0 Å². The first-order valence-electron chi connectivity index (χ1n) is 11.9. The number of nitrogens with two attached hydrogens (primary N) is 1. The maximum Gasteiger partial charge on any atom is 0.164 e. The van der Waals surface area contributed by atoms with Gasteiger partial charge in [-0.05, 0) is 33.8 Å². The van der Waals surface area contributed by atoms with Gasteiger partial charge in [-0.1, -0.05) is 11.6 Å². The Kier molecular flexibility index (Phi) is 6.33. The largest absolute Gasteiger partial charge is 0.489 e. The molecule has 0 radical (unpaired) electrons. The lowest BCUT2D eigenvalue weighted by Crippen LogP contribution is -2.61. The van der Waals surface area contributed by atoms with E-state index in [9.17, 15) is 5.11 Å². The summed E-state index contributed by atoms with van der Waals surface area (Å²) in [5.41, 5.74) is 8.60. The van der Waals surface area contributed by atoms with Crippen LogP contribution >= 0.6 is 11.6 Å². The van der Waals surface area contributed by atoms with Gasteiger partial charge < -0.3 is 15.6 Å². The second-order valence-electron chi connectivity index (χ2n) is 9.81. The molecule has 0 unspecified atom stereocenters. The predicted octanol–water partition coefficient (Wildman–Crippen LogP) is 2.77. The lowest BCUT2D eigenvalue weighted by atomic mass is 10.0. The second kappa shape index (κ2) is 9.16. The molecule has 5 rings (SSSR count). The Morgan fingerprint density at radius 2 is 2.03 bits per heavy atom. The Balaban J connectivity index is 1.52. The average Bonchev–Trinajstić information content (AvgIpc) is 3.01. The summed E-state index contributed by atoms with van der Waals surface area (Å²) < 4.78 is 23.5. The molecule has 4 heterocycles. The van der Waals surface area contributed by atoms with Crippen molar-refractivity contribution in [3.05, 3.63) is 40.1 Å². The van der Waals surface area contributed by atoms with Crippen LogP contribution in [-0.2, 0) is 6.54 Å². The number of aryl methyl sites for hydroxylation is 1. The van der Waals surface area contributed by atoms with Gasteiger partial charge in [0.05, 0.1) is 28.2 Å². The molecule has 0 bridgehead atoms. The van der Waals surface area contributed by atoms with Crippen LogP contribution in [0.25, 0.3) is 11.0 Å². The second-order valence-corrected chi connectivity index (χ2v) is 10.2. The van der Waals surface area contributed by atoms with Crippen molar-refractivity contribution in [1.82, 2.24) is 29.5 Å². The Morgan fingerprint density at radius 1 is 1.29 bits per heavy atom. The molecule has 2 aliphatic rings. The van der Waals surface area contributed by atoms with Crippen LogP contribution in [0.4, 0.5) is 10.2 Å². The molecule has 1 aromatic carbocycles. The van der Waals surface area contributed by atoms with E-state index in [-0.39, 0.29) is 29.3 Å². The summed E-state index contributed by atoms with van der Waals surface area (Å²) in [5.74, 6) is 0.426. The van der Waals surface area contributed by atoms with Crippen LogP contribution in [0.3, 0.4) is 0 Å². The standard InChI is InChI=1S/C24H31ClFN7O2/c1-12(34)6-31-8-16(9-31)32-7-13(2)35-22-17(5-19(25)21(26)18(22)10-32)15(4)33-24-20(14(3)30-33)23(27)28-11-29-24/h5,11-13,15-16,34H,6-10H2,1-4H3,(H2,27,28,29)/t12-,13-,15-/m0/s1. The van der Waals surface area contributed by atoms with Crippen LogP contribution < -0.4 is 10.5 Å². The molecule has 2 aliphatic heterocycles. The van der Waals surface area contributed by atoms with Gasteiger partial charge in [-0.25, -0.2) is 19.0 Å². The highest BCUT2D eigenvalue weighted by molar-refractivity contribution is 6.31. The third-order valence-electron chi connectivity index (χ3n) is 6.95. The lowest BCUT2D eigenvalue weighted by Gasteiger charge is -2.46. The molecule has 188 valence electrons. The number of aliphatic hydroxyl groups is 1. The van der Waals surface area contributed by atoms with Gasteiger partial charge in [0.1, 0.15) is 29.8 Å². The van der Waals surface area contributed by atoms with Gasteiger partial charge in [0.2, 0.25) is 0 Å². The molecule has 0 aliphatic carbocycles. The number of hydrogen-bond donors (Lipinski definition) is 2. The van der Waals surface area contributed by atoms with E-state index >= 15 is 4.39 Å². The lowest BCUT2D eigenvalue weighted by molar-refractivity contribution is -0.00451. The molecule has 3 N–H and O–H groups in total. The Bertz CT molecular complexity index is 1260. The highest BCUT2D eigenvalue weighted by atomic mass is 35.5. The smallest absolute Gasteiger partial charge is 0.164 e. The Hall–Kier alpha value is -2.53. The van der Waals surface area contributed by atoms with Crippen molar-refractivity contribution in [3.8, 4) is 5.75 Å². The van der Waals surface area contributed by atoms with E-state index in [1.54, 1.807) is 17.7 Å². The molecular weight excluding hydrogens is 473 g/mol. The number of ether oxygens (including phenoxy) is 1. The third kappa shape index (κ3) is 4.33. The highest BCUT2D eigenvalue weighted by Crippen LogP contribution is 2.41. The van der Waals surface area contributed by atoms with Gasteiger partial charge in [-0.2, -0.15) is 5.10 Å². The number of nitrogen functional groups attached to an aromatic ring is 1. The summed E-state index contributed by atoms with van der Waals surface area (Å²) in [5, 5.41) is 15.1. The van der Waals surface area contributed by atoms with Crippen LogP contribution in [0.15, 0.2) is 12.4 Å². The molecule has 9 nitrogen and oxygen atoms in total.